The maximum Gasteiger partial charge on any atom is 0.258 e. The van der Waals surface area contributed by atoms with Crippen LogP contribution in [0.1, 0.15) is 41.6 Å². The van der Waals surface area contributed by atoms with E-state index in [1.54, 1.807) is 36.5 Å². The van der Waals surface area contributed by atoms with Gasteiger partial charge in [0.1, 0.15) is 0 Å². The van der Waals surface area contributed by atoms with Crippen molar-refractivity contribution in [1.82, 2.24) is 10.3 Å². The van der Waals surface area contributed by atoms with Crippen molar-refractivity contribution in [2.24, 2.45) is 5.73 Å². The molecule has 0 bridgehead atoms. The number of benzene rings is 1. The average molecular weight is 425 g/mol. The maximum atomic E-state index is 12.5. The lowest BCUT2D eigenvalue weighted by Crippen LogP contribution is -2.51. The molecule has 0 aliphatic heterocycles. The van der Waals surface area contributed by atoms with Crippen LogP contribution in [0.4, 0.5) is 5.69 Å². The largest absolute Gasteiger partial charge is 0.350 e. The van der Waals surface area contributed by atoms with Crippen molar-refractivity contribution in [2.45, 2.75) is 37.8 Å². The van der Waals surface area contributed by atoms with Crippen molar-refractivity contribution in [3.63, 3.8) is 0 Å². The van der Waals surface area contributed by atoms with Crippen LogP contribution < -0.4 is 16.0 Å². The average Bonchev–Trinajstić information content (AvgIpc) is 3.14. The molecule has 152 valence electrons. The lowest BCUT2D eigenvalue weighted by Gasteiger charge is -2.22. The molecule has 1 aromatic carbocycles. The standard InChI is InChI=1S/C20H24N4O2.2ClH/c1-24(18(25)16-8-12-22-13-9-16)17-6-4-15(5-7-17)14-23-19(26)20(21)10-2-3-11-20;;/h4-9,12-13H,2-3,10-11,14,21H2,1H3,(H,23,26);2*1H. The fraction of sp³-hybridized carbons (Fsp3) is 0.350. The smallest absolute Gasteiger partial charge is 0.258 e. The molecule has 1 aliphatic rings. The van der Waals surface area contributed by atoms with Crippen molar-refractivity contribution < 1.29 is 9.59 Å². The summed E-state index contributed by atoms with van der Waals surface area (Å²) in [6, 6.07) is 10.9. The molecule has 1 saturated carbocycles. The predicted molar refractivity (Wildman–Crippen MR) is 115 cm³/mol. The van der Waals surface area contributed by atoms with E-state index in [9.17, 15) is 9.59 Å². The number of hydrogen-bond donors (Lipinski definition) is 2. The molecule has 1 aliphatic carbocycles. The second-order valence-corrected chi connectivity index (χ2v) is 6.81. The molecule has 2 amide bonds. The maximum absolute atomic E-state index is 12.5. The number of aromatic nitrogens is 1. The van der Waals surface area contributed by atoms with Crippen LogP contribution in [0.3, 0.4) is 0 Å². The molecule has 0 spiro atoms. The molecule has 1 heterocycles. The lowest BCUT2D eigenvalue weighted by atomic mass is 9.98. The number of carbonyl (C=O) groups excluding carboxylic acids is 2. The highest BCUT2D eigenvalue weighted by atomic mass is 35.5. The molecule has 1 fully saturated rings. The first-order valence-corrected chi connectivity index (χ1v) is 8.84. The van der Waals surface area contributed by atoms with Crippen LogP contribution >= 0.6 is 24.8 Å². The number of anilines is 1. The quantitative estimate of drug-likeness (QED) is 0.771. The third-order valence-corrected chi connectivity index (χ3v) is 4.96. The molecule has 0 atom stereocenters. The van der Waals surface area contributed by atoms with E-state index < -0.39 is 5.54 Å². The monoisotopic (exact) mass is 424 g/mol. The van der Waals surface area contributed by atoms with Gasteiger partial charge in [-0.3, -0.25) is 14.6 Å². The van der Waals surface area contributed by atoms with Gasteiger partial charge in [-0.15, -0.1) is 24.8 Å². The van der Waals surface area contributed by atoms with Crippen LogP contribution in [0.2, 0.25) is 0 Å². The van der Waals surface area contributed by atoms with Gasteiger partial charge in [0.2, 0.25) is 5.91 Å². The van der Waals surface area contributed by atoms with Crippen LogP contribution in [-0.4, -0.2) is 29.4 Å². The normalized spacial score (nSPS) is 14.4. The van der Waals surface area contributed by atoms with E-state index in [0.717, 1.165) is 36.9 Å². The molecule has 0 radical (unpaired) electrons. The van der Waals surface area contributed by atoms with Crippen LogP contribution in [0.15, 0.2) is 48.8 Å². The fourth-order valence-corrected chi connectivity index (χ4v) is 3.23. The number of rotatable bonds is 5. The second-order valence-electron chi connectivity index (χ2n) is 6.81. The zero-order valence-corrected chi connectivity index (χ0v) is 17.4. The number of nitrogens with zero attached hydrogens (tertiary/aromatic N) is 2. The summed E-state index contributed by atoms with van der Waals surface area (Å²) in [6.07, 6.45) is 6.72. The fourth-order valence-electron chi connectivity index (χ4n) is 3.23. The van der Waals surface area contributed by atoms with Gasteiger partial charge >= 0.3 is 0 Å². The molecular formula is C20H26Cl2N4O2. The Balaban J connectivity index is 0.00000196. The van der Waals surface area contributed by atoms with E-state index in [2.05, 4.69) is 10.3 Å². The Kier molecular flexibility index (Phi) is 8.88. The van der Waals surface area contributed by atoms with E-state index in [4.69, 9.17) is 5.73 Å². The van der Waals surface area contributed by atoms with Crippen molar-refractivity contribution in [1.29, 1.82) is 0 Å². The molecule has 3 rings (SSSR count). The van der Waals surface area contributed by atoms with E-state index in [-0.39, 0.29) is 36.6 Å². The Labute approximate surface area is 177 Å². The van der Waals surface area contributed by atoms with Gasteiger partial charge in [-0.2, -0.15) is 0 Å². The van der Waals surface area contributed by atoms with E-state index in [1.165, 1.54) is 0 Å². The predicted octanol–water partition coefficient (Wildman–Crippen LogP) is 3.09. The third-order valence-electron chi connectivity index (χ3n) is 4.96. The van der Waals surface area contributed by atoms with Gasteiger partial charge in [0.15, 0.2) is 0 Å². The SMILES string of the molecule is CN(C(=O)c1ccncc1)c1ccc(CNC(=O)C2(N)CCCC2)cc1.Cl.Cl. The molecule has 3 N–H and O–H groups in total. The minimum Gasteiger partial charge on any atom is -0.350 e. The van der Waals surface area contributed by atoms with Gasteiger partial charge in [0, 0.05) is 37.2 Å². The van der Waals surface area contributed by atoms with Gasteiger partial charge in [-0.05, 0) is 42.7 Å². The highest BCUT2D eigenvalue weighted by molar-refractivity contribution is 6.05. The topological polar surface area (TPSA) is 88.3 Å². The first kappa shape index (κ1) is 23.9. The molecule has 0 saturated heterocycles. The summed E-state index contributed by atoms with van der Waals surface area (Å²) in [5.74, 6) is -0.177. The number of carbonyl (C=O) groups is 2. The van der Waals surface area contributed by atoms with Crippen LogP contribution in [-0.2, 0) is 11.3 Å². The zero-order chi connectivity index (χ0) is 18.6. The Morgan fingerprint density at radius 1 is 1.07 bits per heavy atom. The Hall–Kier alpha value is -2.15. The highest BCUT2D eigenvalue weighted by Crippen LogP contribution is 2.27. The summed E-state index contributed by atoms with van der Waals surface area (Å²) in [7, 11) is 1.73. The van der Waals surface area contributed by atoms with Crippen LogP contribution in [0.25, 0.3) is 0 Å². The summed E-state index contributed by atoms with van der Waals surface area (Å²) in [5.41, 5.74) is 7.79. The zero-order valence-electron chi connectivity index (χ0n) is 15.8. The summed E-state index contributed by atoms with van der Waals surface area (Å²) in [5, 5.41) is 2.93. The van der Waals surface area contributed by atoms with Crippen LogP contribution in [0, 0.1) is 0 Å². The van der Waals surface area contributed by atoms with Crippen molar-refractivity contribution >= 4 is 42.3 Å². The first-order chi connectivity index (χ1) is 12.5. The van der Waals surface area contributed by atoms with Gasteiger partial charge in [0.05, 0.1) is 5.54 Å². The molecule has 8 heteroatoms. The Morgan fingerprint density at radius 3 is 2.21 bits per heavy atom. The van der Waals surface area contributed by atoms with Gasteiger partial charge in [0.25, 0.3) is 5.91 Å². The number of halogens is 2. The van der Waals surface area contributed by atoms with Gasteiger partial charge in [-0.25, -0.2) is 0 Å². The highest BCUT2D eigenvalue weighted by Gasteiger charge is 2.36. The molecule has 1 aromatic heterocycles. The Morgan fingerprint density at radius 2 is 1.64 bits per heavy atom. The second kappa shape index (κ2) is 10.4. The summed E-state index contributed by atoms with van der Waals surface area (Å²) in [4.78, 5) is 30.2. The first-order valence-electron chi connectivity index (χ1n) is 8.84. The van der Waals surface area contributed by atoms with E-state index >= 15 is 0 Å². The summed E-state index contributed by atoms with van der Waals surface area (Å²) < 4.78 is 0. The Bertz CT molecular complexity index is 779. The summed E-state index contributed by atoms with van der Waals surface area (Å²) in [6.45, 7) is 0.431. The molecule has 0 unspecified atom stereocenters. The van der Waals surface area contributed by atoms with E-state index in [0.29, 0.717) is 12.1 Å². The van der Waals surface area contributed by atoms with Crippen LogP contribution in [0.5, 0.6) is 0 Å². The molecular weight excluding hydrogens is 399 g/mol. The van der Waals surface area contributed by atoms with Gasteiger partial charge in [-0.1, -0.05) is 25.0 Å². The number of pyridine rings is 1. The van der Waals surface area contributed by atoms with Crippen molar-refractivity contribution in [3.05, 3.63) is 59.9 Å². The third kappa shape index (κ3) is 5.44. The van der Waals surface area contributed by atoms with Gasteiger partial charge < -0.3 is 16.0 Å². The molecule has 28 heavy (non-hydrogen) atoms. The summed E-state index contributed by atoms with van der Waals surface area (Å²) >= 11 is 0. The lowest BCUT2D eigenvalue weighted by molar-refractivity contribution is -0.126. The van der Waals surface area contributed by atoms with Crippen molar-refractivity contribution in [2.75, 3.05) is 11.9 Å². The number of nitrogens with one attached hydrogen (secondary N) is 1. The molecule has 6 nitrogen and oxygen atoms in total. The van der Waals surface area contributed by atoms with Crippen molar-refractivity contribution in [3.8, 4) is 0 Å². The number of hydrogen-bond acceptors (Lipinski definition) is 4. The molecule has 2 aromatic rings. The van der Waals surface area contributed by atoms with E-state index in [1.807, 2.05) is 24.3 Å². The minimum absolute atomic E-state index is 0. The minimum atomic E-state index is -0.711. The number of nitrogens with two attached hydrogens (primary N) is 1. The number of amides is 2.